The highest BCUT2D eigenvalue weighted by Gasteiger charge is 2.26. The summed E-state index contributed by atoms with van der Waals surface area (Å²) < 4.78 is 0. The molecule has 0 spiro atoms. The quantitative estimate of drug-likeness (QED) is 0.784. The molecule has 0 aliphatic heterocycles. The second-order valence-electron chi connectivity index (χ2n) is 6.29. The van der Waals surface area contributed by atoms with E-state index < -0.39 is 5.91 Å². The Balaban J connectivity index is 1.79. The molecule has 3 N–H and O–H groups in total. The normalized spacial score (nSPS) is 16.6. The van der Waals surface area contributed by atoms with Crippen LogP contribution in [0.25, 0.3) is 6.08 Å². The Morgan fingerprint density at radius 2 is 2.04 bits per heavy atom. The minimum absolute atomic E-state index is 0.288. The van der Waals surface area contributed by atoms with E-state index in [1.807, 2.05) is 12.1 Å². The first kappa shape index (κ1) is 17.7. The fourth-order valence-corrected chi connectivity index (χ4v) is 4.54. The average molecular weight is 375 g/mol. The van der Waals surface area contributed by atoms with Gasteiger partial charge in [0.25, 0.3) is 5.91 Å². The summed E-state index contributed by atoms with van der Waals surface area (Å²) in [5.41, 5.74) is 7.91. The monoisotopic (exact) mass is 374 g/mol. The minimum Gasteiger partial charge on any atom is -0.365 e. The van der Waals surface area contributed by atoms with Crippen LogP contribution in [-0.4, -0.2) is 11.8 Å². The van der Waals surface area contributed by atoms with Crippen molar-refractivity contribution < 1.29 is 9.59 Å². The highest BCUT2D eigenvalue weighted by molar-refractivity contribution is 7.17. The van der Waals surface area contributed by atoms with Gasteiger partial charge in [0.2, 0.25) is 5.91 Å². The van der Waals surface area contributed by atoms with E-state index in [1.165, 1.54) is 17.4 Å². The Kier molecular flexibility index (Phi) is 5.25. The van der Waals surface area contributed by atoms with Crippen molar-refractivity contribution >= 4 is 45.8 Å². The van der Waals surface area contributed by atoms with E-state index in [4.69, 9.17) is 17.3 Å². The summed E-state index contributed by atoms with van der Waals surface area (Å²) in [6.45, 7) is 2.19. The molecule has 1 aliphatic rings. The fraction of sp³-hybridized carbons (Fsp3) is 0.263. The van der Waals surface area contributed by atoms with Gasteiger partial charge in [-0.25, -0.2) is 0 Å². The summed E-state index contributed by atoms with van der Waals surface area (Å²) in [4.78, 5) is 25.3. The van der Waals surface area contributed by atoms with Crippen molar-refractivity contribution in [2.24, 2.45) is 11.7 Å². The van der Waals surface area contributed by atoms with Crippen LogP contribution < -0.4 is 11.1 Å². The van der Waals surface area contributed by atoms with Crippen LogP contribution in [0.5, 0.6) is 0 Å². The van der Waals surface area contributed by atoms with Gasteiger partial charge < -0.3 is 11.1 Å². The number of carbonyl (C=O) groups is 2. The predicted molar refractivity (Wildman–Crippen MR) is 103 cm³/mol. The van der Waals surface area contributed by atoms with Gasteiger partial charge in [0.05, 0.1) is 5.56 Å². The lowest BCUT2D eigenvalue weighted by molar-refractivity contribution is -0.111. The number of fused-ring (bicyclic) bond motifs is 1. The molecule has 0 fully saturated rings. The van der Waals surface area contributed by atoms with Crippen LogP contribution >= 0.6 is 22.9 Å². The lowest BCUT2D eigenvalue weighted by Crippen LogP contribution is -2.18. The van der Waals surface area contributed by atoms with Gasteiger partial charge in [-0.15, -0.1) is 11.3 Å². The molecule has 0 bridgehead atoms. The first-order valence-electron chi connectivity index (χ1n) is 8.13. The number of nitrogens with two attached hydrogens (primary N) is 1. The Labute approximate surface area is 155 Å². The molecule has 6 heteroatoms. The van der Waals surface area contributed by atoms with Crippen LogP contribution in [0.4, 0.5) is 5.00 Å². The largest absolute Gasteiger partial charge is 0.365 e. The number of benzene rings is 1. The molecule has 4 nitrogen and oxygen atoms in total. The number of hydrogen-bond donors (Lipinski definition) is 2. The van der Waals surface area contributed by atoms with Gasteiger partial charge in [0.1, 0.15) is 5.00 Å². The summed E-state index contributed by atoms with van der Waals surface area (Å²) >= 11 is 7.30. The topological polar surface area (TPSA) is 72.2 Å². The number of anilines is 1. The van der Waals surface area contributed by atoms with Crippen LogP contribution in [0.1, 0.15) is 39.7 Å². The lowest BCUT2D eigenvalue weighted by Gasteiger charge is -2.18. The average Bonchev–Trinajstić information content (AvgIpc) is 2.91. The Morgan fingerprint density at radius 1 is 1.32 bits per heavy atom. The third-order valence-corrected chi connectivity index (χ3v) is 5.71. The maximum absolute atomic E-state index is 12.2. The van der Waals surface area contributed by atoms with Crippen molar-refractivity contribution in [2.75, 3.05) is 5.32 Å². The van der Waals surface area contributed by atoms with E-state index in [9.17, 15) is 9.59 Å². The lowest BCUT2D eigenvalue weighted by atomic mass is 9.88. The van der Waals surface area contributed by atoms with E-state index in [2.05, 4.69) is 12.2 Å². The maximum Gasteiger partial charge on any atom is 0.251 e. The van der Waals surface area contributed by atoms with Gasteiger partial charge in [0.15, 0.2) is 0 Å². The molecule has 1 atom stereocenters. The zero-order valence-electron chi connectivity index (χ0n) is 13.8. The first-order chi connectivity index (χ1) is 11.9. The molecule has 2 amide bonds. The van der Waals surface area contributed by atoms with Crippen molar-refractivity contribution in [3.63, 3.8) is 0 Å². The molecule has 0 saturated carbocycles. The van der Waals surface area contributed by atoms with Crippen LogP contribution in [-0.2, 0) is 17.6 Å². The number of carbonyl (C=O) groups excluding carboxylic acids is 2. The SMILES string of the molecule is CC1CCc2c(sc(NC(=O)C=Cc3ccc(Cl)cc3)c2C(N)=O)C1. The summed E-state index contributed by atoms with van der Waals surface area (Å²) in [7, 11) is 0. The Bertz CT molecular complexity index is 840. The van der Waals surface area contributed by atoms with Gasteiger partial charge in [-0.05, 0) is 54.5 Å². The van der Waals surface area contributed by atoms with Crippen LogP contribution in [0, 0.1) is 5.92 Å². The molecule has 3 rings (SSSR count). The van der Waals surface area contributed by atoms with Crippen molar-refractivity contribution in [3.05, 3.63) is 56.9 Å². The third kappa shape index (κ3) is 4.11. The second-order valence-corrected chi connectivity index (χ2v) is 7.84. The summed E-state index contributed by atoms with van der Waals surface area (Å²) in [6.07, 6.45) is 5.94. The van der Waals surface area contributed by atoms with Gasteiger partial charge in [-0.3, -0.25) is 9.59 Å². The molecule has 2 aromatic rings. The Morgan fingerprint density at radius 3 is 2.72 bits per heavy atom. The third-order valence-electron chi connectivity index (χ3n) is 4.29. The molecule has 1 aromatic carbocycles. The van der Waals surface area contributed by atoms with E-state index >= 15 is 0 Å². The van der Waals surface area contributed by atoms with Gasteiger partial charge in [-0.2, -0.15) is 0 Å². The van der Waals surface area contributed by atoms with E-state index in [-0.39, 0.29) is 5.91 Å². The summed E-state index contributed by atoms with van der Waals surface area (Å²) in [5.74, 6) is -0.187. The molecule has 130 valence electrons. The van der Waals surface area contributed by atoms with E-state index in [1.54, 1.807) is 18.2 Å². The molecule has 0 radical (unpaired) electrons. The number of amides is 2. The Hall–Kier alpha value is -2.11. The summed E-state index contributed by atoms with van der Waals surface area (Å²) in [5, 5.41) is 4.01. The fourth-order valence-electron chi connectivity index (χ4n) is 3.00. The molecular formula is C19H19ClN2O2S. The molecule has 1 unspecified atom stereocenters. The number of nitrogens with one attached hydrogen (secondary N) is 1. The molecule has 25 heavy (non-hydrogen) atoms. The summed E-state index contributed by atoms with van der Waals surface area (Å²) in [6, 6.07) is 7.18. The molecule has 1 aromatic heterocycles. The molecular weight excluding hydrogens is 356 g/mol. The standard InChI is InChI=1S/C19H19ClN2O2S/c1-11-2-8-14-15(10-11)25-19(17(14)18(21)24)22-16(23)9-5-12-3-6-13(20)7-4-12/h3-7,9,11H,2,8,10H2,1H3,(H2,21,24)(H,22,23). The maximum atomic E-state index is 12.2. The highest BCUT2D eigenvalue weighted by Crippen LogP contribution is 2.39. The molecule has 0 saturated heterocycles. The minimum atomic E-state index is -0.482. The number of thiophene rings is 1. The number of hydrogen-bond acceptors (Lipinski definition) is 3. The number of rotatable bonds is 4. The van der Waals surface area contributed by atoms with Gasteiger partial charge in [0, 0.05) is 16.0 Å². The van der Waals surface area contributed by atoms with E-state index in [0.717, 1.165) is 35.3 Å². The zero-order chi connectivity index (χ0) is 18.0. The van der Waals surface area contributed by atoms with E-state index in [0.29, 0.717) is 21.5 Å². The van der Waals surface area contributed by atoms with Crippen molar-refractivity contribution in [3.8, 4) is 0 Å². The van der Waals surface area contributed by atoms with Crippen LogP contribution in [0.3, 0.4) is 0 Å². The van der Waals surface area contributed by atoms with Crippen molar-refractivity contribution in [2.45, 2.75) is 26.2 Å². The number of halogens is 1. The first-order valence-corrected chi connectivity index (χ1v) is 9.32. The predicted octanol–water partition coefficient (Wildman–Crippen LogP) is 4.28. The van der Waals surface area contributed by atoms with Crippen LogP contribution in [0.15, 0.2) is 30.3 Å². The van der Waals surface area contributed by atoms with Gasteiger partial charge >= 0.3 is 0 Å². The number of primary amides is 1. The molecule has 1 heterocycles. The van der Waals surface area contributed by atoms with Crippen molar-refractivity contribution in [1.82, 2.24) is 0 Å². The van der Waals surface area contributed by atoms with Crippen molar-refractivity contribution in [1.29, 1.82) is 0 Å². The second kappa shape index (κ2) is 7.42. The smallest absolute Gasteiger partial charge is 0.251 e. The zero-order valence-corrected chi connectivity index (χ0v) is 15.4. The molecule has 1 aliphatic carbocycles. The van der Waals surface area contributed by atoms with Crippen LogP contribution in [0.2, 0.25) is 5.02 Å². The highest BCUT2D eigenvalue weighted by atomic mass is 35.5. The van der Waals surface area contributed by atoms with Gasteiger partial charge in [-0.1, -0.05) is 30.7 Å².